The predicted molar refractivity (Wildman–Crippen MR) is 89.7 cm³/mol. The van der Waals surface area contributed by atoms with Crippen molar-refractivity contribution in [1.29, 1.82) is 0 Å². The summed E-state index contributed by atoms with van der Waals surface area (Å²) >= 11 is 7.34. The van der Waals surface area contributed by atoms with Gasteiger partial charge in [0.2, 0.25) is 0 Å². The Balaban J connectivity index is 3.16. The highest BCUT2D eigenvalue weighted by molar-refractivity contribution is 9.10. The van der Waals surface area contributed by atoms with E-state index in [0.717, 1.165) is 10.2 Å². The van der Waals surface area contributed by atoms with E-state index in [-0.39, 0.29) is 10.8 Å². The molecule has 0 heterocycles. The Bertz CT molecular complexity index is 506. The highest BCUT2D eigenvalue weighted by Crippen LogP contribution is 2.29. The third kappa shape index (κ3) is 4.90. The molecule has 4 nitrogen and oxygen atoms in total. The smallest absolute Gasteiger partial charge is 0.277 e. The van der Waals surface area contributed by atoms with Gasteiger partial charge in [-0.15, -0.1) is 0 Å². The Morgan fingerprint density at radius 3 is 2.00 bits per heavy atom. The Morgan fingerprint density at radius 1 is 1.10 bits per heavy atom. The molecule has 1 rings (SSSR count). The number of benzene rings is 1. The molecule has 0 unspecified atom stereocenters. The molecule has 0 aromatic heterocycles. The minimum Gasteiger partial charge on any atom is -0.277 e. The second-order valence-corrected chi connectivity index (χ2v) is 7.26. The zero-order valence-electron chi connectivity index (χ0n) is 12.4. The molecule has 1 amide bonds. The molecule has 0 aliphatic carbocycles. The van der Waals surface area contributed by atoms with Crippen LogP contribution in [0.3, 0.4) is 0 Å². The van der Waals surface area contributed by atoms with Gasteiger partial charge in [0.25, 0.3) is 5.24 Å². The van der Waals surface area contributed by atoms with Gasteiger partial charge in [0, 0.05) is 10.2 Å². The third-order valence-corrected chi connectivity index (χ3v) is 3.15. The number of azo groups is 1. The van der Waals surface area contributed by atoms with Gasteiger partial charge in [-0.2, -0.15) is 10.2 Å². The Hall–Kier alpha value is -0.880. The fourth-order valence-corrected chi connectivity index (χ4v) is 2.19. The van der Waals surface area contributed by atoms with Gasteiger partial charge in [0.05, 0.1) is 5.54 Å². The van der Waals surface area contributed by atoms with Gasteiger partial charge >= 0.3 is 0 Å². The van der Waals surface area contributed by atoms with E-state index in [0.29, 0.717) is 0 Å². The quantitative estimate of drug-likeness (QED) is 0.579. The van der Waals surface area contributed by atoms with Crippen LogP contribution in [0.2, 0.25) is 0 Å². The molecule has 0 aliphatic rings. The minimum absolute atomic E-state index is 0.289. The summed E-state index contributed by atoms with van der Waals surface area (Å²) in [6, 6.07) is 7.42. The monoisotopic (exact) mass is 357 g/mol. The van der Waals surface area contributed by atoms with Gasteiger partial charge < -0.3 is 0 Å². The number of rotatable bonds is 3. The highest BCUT2D eigenvalue weighted by Gasteiger charge is 2.31. The van der Waals surface area contributed by atoms with Crippen LogP contribution in [0.1, 0.15) is 34.6 Å². The minimum atomic E-state index is -0.806. The van der Waals surface area contributed by atoms with E-state index >= 15 is 0 Å². The number of hydrogen-bond acceptors (Lipinski definition) is 3. The van der Waals surface area contributed by atoms with E-state index in [4.69, 9.17) is 0 Å². The number of halogens is 1. The summed E-state index contributed by atoms with van der Waals surface area (Å²) in [5.41, 5.74) is -0.367. The predicted octanol–water partition coefficient (Wildman–Crippen LogP) is 5.29. The molecular formula is C14H20BrN3OS. The summed E-state index contributed by atoms with van der Waals surface area (Å²) in [5, 5.41) is 8.21. The molecule has 0 bridgehead atoms. The van der Waals surface area contributed by atoms with Crippen LogP contribution >= 0.6 is 28.6 Å². The highest BCUT2D eigenvalue weighted by atomic mass is 79.9. The van der Waals surface area contributed by atoms with Crippen molar-refractivity contribution in [3.63, 3.8) is 0 Å². The van der Waals surface area contributed by atoms with Crippen LogP contribution in [0.15, 0.2) is 39.0 Å². The normalized spacial score (nSPS) is 12.8. The maximum Gasteiger partial charge on any atom is 0.285 e. The van der Waals surface area contributed by atoms with E-state index in [1.165, 1.54) is 4.90 Å². The number of hydrogen-bond donors (Lipinski definition) is 1. The molecule has 0 atom stereocenters. The van der Waals surface area contributed by atoms with Gasteiger partial charge in [-0.05, 0) is 58.9 Å². The van der Waals surface area contributed by atoms with Gasteiger partial charge in [-0.25, -0.2) is 0 Å². The van der Waals surface area contributed by atoms with Crippen LogP contribution < -0.4 is 4.90 Å². The number of amides is 1. The van der Waals surface area contributed by atoms with Crippen molar-refractivity contribution in [3.8, 4) is 0 Å². The van der Waals surface area contributed by atoms with Crippen molar-refractivity contribution in [2.24, 2.45) is 10.2 Å². The van der Waals surface area contributed by atoms with Gasteiger partial charge in [-0.3, -0.25) is 9.69 Å². The maximum atomic E-state index is 11.9. The lowest BCUT2D eigenvalue weighted by Crippen LogP contribution is -2.44. The molecule has 1 aromatic carbocycles. The average molecular weight is 358 g/mol. The summed E-state index contributed by atoms with van der Waals surface area (Å²) in [5.74, 6) is 0. The largest absolute Gasteiger partial charge is 0.285 e. The number of carbonyl (C=O) groups is 1. The Labute approximate surface area is 134 Å². The standard InChI is InChI=1S/C14H20BrN3OS/c1-13(2,3)16-17-14(4,5)18(12(19)20)11-8-6-10(15)7-9-11/h6-9H,1-5H3,(H,19,20). The zero-order valence-corrected chi connectivity index (χ0v) is 14.9. The molecule has 6 heteroatoms. The molecule has 0 saturated heterocycles. The summed E-state index contributed by atoms with van der Waals surface area (Å²) < 4.78 is 0.946. The van der Waals surface area contributed by atoms with Crippen molar-refractivity contribution in [3.05, 3.63) is 28.7 Å². The lowest BCUT2D eigenvalue weighted by molar-refractivity contribution is 0.259. The van der Waals surface area contributed by atoms with Gasteiger partial charge in [-0.1, -0.05) is 28.6 Å². The van der Waals surface area contributed by atoms with Crippen molar-refractivity contribution in [2.45, 2.75) is 45.8 Å². The number of thiol groups is 1. The topological polar surface area (TPSA) is 45.0 Å². The van der Waals surface area contributed by atoms with Crippen LogP contribution in [0.25, 0.3) is 0 Å². The number of nitrogens with zero attached hydrogens (tertiary/aromatic N) is 3. The van der Waals surface area contributed by atoms with Crippen LogP contribution in [-0.4, -0.2) is 16.4 Å². The number of carbonyl (C=O) groups excluding carboxylic acids is 1. The first-order valence-corrected chi connectivity index (χ1v) is 7.50. The van der Waals surface area contributed by atoms with Gasteiger partial charge in [0.15, 0.2) is 5.66 Å². The molecule has 110 valence electrons. The molecule has 0 fully saturated rings. The molecule has 1 aromatic rings. The SMILES string of the molecule is CC(C)(C)N=NC(C)(C)N(C(=O)S)c1ccc(Br)cc1. The maximum absolute atomic E-state index is 11.9. The molecule has 0 aliphatic heterocycles. The van der Waals surface area contributed by atoms with Gasteiger partial charge in [0.1, 0.15) is 0 Å². The van der Waals surface area contributed by atoms with Crippen LogP contribution in [0.5, 0.6) is 0 Å². The fourth-order valence-electron chi connectivity index (χ4n) is 1.57. The lowest BCUT2D eigenvalue weighted by atomic mass is 10.1. The molecule has 0 spiro atoms. The fraction of sp³-hybridized carbons (Fsp3) is 0.500. The van der Waals surface area contributed by atoms with Crippen molar-refractivity contribution < 1.29 is 4.79 Å². The van der Waals surface area contributed by atoms with E-state index in [1.807, 2.05) is 58.9 Å². The first-order valence-electron chi connectivity index (χ1n) is 6.26. The van der Waals surface area contributed by atoms with Crippen LogP contribution in [0.4, 0.5) is 10.5 Å². The van der Waals surface area contributed by atoms with E-state index in [2.05, 4.69) is 38.8 Å². The molecule has 0 N–H and O–H groups in total. The zero-order chi connectivity index (χ0) is 15.6. The number of anilines is 1. The molecule has 0 saturated carbocycles. The summed E-state index contributed by atoms with van der Waals surface area (Å²) in [6.07, 6.45) is 0. The molecule has 0 radical (unpaired) electrons. The first-order chi connectivity index (χ1) is 9.03. The average Bonchev–Trinajstić information content (AvgIpc) is 2.28. The second-order valence-electron chi connectivity index (χ2n) is 5.96. The third-order valence-electron chi connectivity index (χ3n) is 2.42. The van der Waals surface area contributed by atoms with Crippen LogP contribution in [-0.2, 0) is 0 Å². The second kappa shape index (κ2) is 6.26. The first kappa shape index (κ1) is 17.2. The Morgan fingerprint density at radius 2 is 1.60 bits per heavy atom. The van der Waals surface area contributed by atoms with E-state index in [9.17, 15) is 4.79 Å². The summed E-state index contributed by atoms with van der Waals surface area (Å²) in [4.78, 5) is 13.4. The van der Waals surface area contributed by atoms with Crippen molar-refractivity contribution in [2.75, 3.05) is 4.90 Å². The van der Waals surface area contributed by atoms with Crippen molar-refractivity contribution >= 4 is 39.5 Å². The lowest BCUT2D eigenvalue weighted by Gasteiger charge is -2.33. The summed E-state index contributed by atoms with van der Waals surface area (Å²) in [6.45, 7) is 9.54. The van der Waals surface area contributed by atoms with Crippen LogP contribution in [0, 0.1) is 0 Å². The Kier molecular flexibility index (Phi) is 5.38. The molecule has 20 heavy (non-hydrogen) atoms. The molecular weight excluding hydrogens is 338 g/mol. The van der Waals surface area contributed by atoms with E-state index in [1.54, 1.807) is 0 Å². The summed E-state index contributed by atoms with van der Waals surface area (Å²) in [7, 11) is 0. The van der Waals surface area contributed by atoms with E-state index < -0.39 is 5.66 Å². The van der Waals surface area contributed by atoms with Crippen molar-refractivity contribution in [1.82, 2.24) is 0 Å².